The Hall–Kier alpha value is -2.94. The summed E-state index contributed by atoms with van der Waals surface area (Å²) in [5.41, 5.74) is -0.0407. The van der Waals surface area contributed by atoms with Crippen LogP contribution in [0.4, 0.5) is 36.3 Å². The zero-order valence-electron chi connectivity index (χ0n) is 19.0. The maximum atomic E-state index is 13.0. The minimum absolute atomic E-state index is 0.0200. The Morgan fingerprint density at radius 1 is 1.06 bits per heavy atom. The van der Waals surface area contributed by atoms with Crippen molar-refractivity contribution in [2.75, 3.05) is 30.1 Å². The number of Topliss-reactive ketones (excluding diaryl/α,β-unsaturated/α-hetero) is 2. The van der Waals surface area contributed by atoms with Crippen LogP contribution >= 0.6 is 30.3 Å². The van der Waals surface area contributed by atoms with Gasteiger partial charge in [0.25, 0.3) is 5.78 Å². The highest BCUT2D eigenvalue weighted by Gasteiger charge is 2.40. The summed E-state index contributed by atoms with van der Waals surface area (Å²) in [6.07, 6.45) is -3.46. The molecule has 0 aliphatic carbocycles. The third kappa shape index (κ3) is 7.53. The molecule has 2 aromatic carbocycles. The standard InChI is InChI=1S/C23H20Cl2F3N4O3P/c1-36(2,35)9-8-19(33)13-4-3-5-15(10-13)30-22-29-12-17(25)21(32-22)31-18-7-6-14(24)11-16(18)20(34)23(26,27)28/h3-7,10-12H,8-9H2,1-2H3,(H2,29,30,31,32). The van der Waals surface area contributed by atoms with Crippen molar-refractivity contribution in [3.63, 3.8) is 0 Å². The number of hydrogen-bond acceptors (Lipinski definition) is 7. The van der Waals surface area contributed by atoms with E-state index in [1.54, 1.807) is 37.6 Å². The Morgan fingerprint density at radius 3 is 2.44 bits per heavy atom. The monoisotopic (exact) mass is 558 g/mol. The van der Waals surface area contributed by atoms with Gasteiger partial charge in [-0.15, -0.1) is 0 Å². The van der Waals surface area contributed by atoms with Gasteiger partial charge in [-0.1, -0.05) is 35.3 Å². The SMILES string of the molecule is CP(C)(=O)CCC(=O)c1cccc(Nc2ncc(Cl)c(Nc3ccc(Cl)cc3C(=O)C(F)(F)F)n2)c1. The van der Waals surface area contributed by atoms with E-state index in [2.05, 4.69) is 20.6 Å². The Labute approximate surface area is 214 Å². The van der Waals surface area contributed by atoms with Gasteiger partial charge in [-0.05, 0) is 43.7 Å². The van der Waals surface area contributed by atoms with Gasteiger partial charge in [0.15, 0.2) is 11.6 Å². The van der Waals surface area contributed by atoms with Gasteiger partial charge in [0.05, 0.1) is 24.6 Å². The highest BCUT2D eigenvalue weighted by molar-refractivity contribution is 7.62. The Balaban J connectivity index is 1.84. The van der Waals surface area contributed by atoms with Gasteiger partial charge in [0.1, 0.15) is 5.02 Å². The quantitative estimate of drug-likeness (QED) is 0.211. The number of aromatic nitrogens is 2. The second-order valence-corrected chi connectivity index (χ2v) is 12.6. The smallest absolute Gasteiger partial charge is 0.338 e. The van der Waals surface area contributed by atoms with Crippen molar-refractivity contribution in [2.24, 2.45) is 0 Å². The molecular weight excluding hydrogens is 539 g/mol. The molecule has 2 N–H and O–H groups in total. The normalized spacial score (nSPS) is 11.8. The summed E-state index contributed by atoms with van der Waals surface area (Å²) < 4.78 is 51.0. The van der Waals surface area contributed by atoms with E-state index in [-0.39, 0.29) is 39.7 Å². The third-order valence-corrected chi connectivity index (χ3v) is 6.61. The van der Waals surface area contributed by atoms with E-state index < -0.39 is 24.7 Å². The number of rotatable bonds is 9. The topological polar surface area (TPSA) is 101 Å². The fourth-order valence-corrected chi connectivity index (χ4v) is 4.08. The van der Waals surface area contributed by atoms with E-state index in [9.17, 15) is 27.3 Å². The first kappa shape index (κ1) is 27.6. The third-order valence-electron chi connectivity index (χ3n) is 4.80. The lowest BCUT2D eigenvalue weighted by Gasteiger charge is -2.14. The molecule has 0 fully saturated rings. The molecule has 0 aliphatic heterocycles. The summed E-state index contributed by atoms with van der Waals surface area (Å²) in [5.74, 6) is -2.30. The van der Waals surface area contributed by atoms with Crippen LogP contribution in [0, 0.1) is 0 Å². The number of halogens is 5. The van der Waals surface area contributed by atoms with Crippen LogP contribution in [0.3, 0.4) is 0 Å². The lowest BCUT2D eigenvalue weighted by Crippen LogP contribution is -2.23. The number of benzene rings is 2. The largest absolute Gasteiger partial charge is 0.454 e. The molecular formula is C23H20Cl2F3N4O3P. The summed E-state index contributed by atoms with van der Waals surface area (Å²) in [4.78, 5) is 32.5. The molecule has 0 atom stereocenters. The van der Waals surface area contributed by atoms with Gasteiger partial charge >= 0.3 is 6.18 Å². The highest BCUT2D eigenvalue weighted by atomic mass is 35.5. The van der Waals surface area contributed by atoms with Crippen LogP contribution in [-0.2, 0) is 4.57 Å². The molecule has 1 aromatic heterocycles. The summed E-state index contributed by atoms with van der Waals surface area (Å²) >= 11 is 11.9. The highest BCUT2D eigenvalue weighted by Crippen LogP contribution is 2.37. The number of nitrogens with one attached hydrogen (secondary N) is 2. The van der Waals surface area contributed by atoms with E-state index >= 15 is 0 Å². The second-order valence-electron chi connectivity index (χ2n) is 8.21. The first-order valence-corrected chi connectivity index (χ1v) is 13.9. The van der Waals surface area contributed by atoms with Crippen LogP contribution in [-0.4, -0.2) is 47.2 Å². The van der Waals surface area contributed by atoms with Crippen LogP contribution in [0.15, 0.2) is 48.7 Å². The van der Waals surface area contributed by atoms with Crippen molar-refractivity contribution in [2.45, 2.75) is 12.6 Å². The molecule has 190 valence electrons. The number of hydrogen-bond donors (Lipinski definition) is 2. The maximum absolute atomic E-state index is 13.0. The lowest BCUT2D eigenvalue weighted by molar-refractivity contribution is -0.0884. The Bertz CT molecular complexity index is 1360. The van der Waals surface area contributed by atoms with Crippen LogP contribution in [0.2, 0.25) is 10.0 Å². The van der Waals surface area contributed by atoms with Crippen molar-refractivity contribution in [3.8, 4) is 0 Å². The first-order valence-electron chi connectivity index (χ1n) is 10.4. The molecule has 0 saturated heterocycles. The summed E-state index contributed by atoms with van der Waals surface area (Å²) in [6, 6.07) is 9.91. The predicted octanol–water partition coefficient (Wildman–Crippen LogP) is 7.21. The molecule has 0 saturated carbocycles. The van der Waals surface area contributed by atoms with Crippen molar-refractivity contribution in [1.82, 2.24) is 9.97 Å². The minimum atomic E-state index is -5.11. The molecule has 0 unspecified atom stereocenters. The molecule has 1 heterocycles. The number of carbonyl (C=O) groups excluding carboxylic acids is 2. The fraction of sp³-hybridized carbons (Fsp3) is 0.217. The molecule has 13 heteroatoms. The van der Waals surface area contributed by atoms with Crippen LogP contribution in [0.1, 0.15) is 27.1 Å². The van der Waals surface area contributed by atoms with Crippen molar-refractivity contribution in [3.05, 3.63) is 69.8 Å². The van der Waals surface area contributed by atoms with E-state index in [4.69, 9.17) is 23.2 Å². The van der Waals surface area contributed by atoms with Crippen LogP contribution in [0.25, 0.3) is 0 Å². The average molecular weight is 559 g/mol. The molecule has 7 nitrogen and oxygen atoms in total. The van der Waals surface area contributed by atoms with Crippen molar-refractivity contribution in [1.29, 1.82) is 0 Å². The Kier molecular flexibility index (Phi) is 8.44. The molecule has 3 rings (SSSR count). The van der Waals surface area contributed by atoms with E-state index in [1.807, 2.05) is 0 Å². The summed E-state index contributed by atoms with van der Waals surface area (Å²) in [7, 11) is -2.33. The van der Waals surface area contributed by atoms with Crippen molar-refractivity contribution < 1.29 is 27.3 Å². The number of nitrogens with zero attached hydrogens (tertiary/aromatic N) is 2. The zero-order chi connectivity index (χ0) is 26.7. The molecule has 36 heavy (non-hydrogen) atoms. The first-order chi connectivity index (χ1) is 16.7. The van der Waals surface area contributed by atoms with Gasteiger partial charge in [-0.25, -0.2) is 4.98 Å². The van der Waals surface area contributed by atoms with Crippen molar-refractivity contribution >= 4 is 65.1 Å². The fourth-order valence-electron chi connectivity index (χ4n) is 3.02. The minimum Gasteiger partial charge on any atom is -0.338 e. The summed E-state index contributed by atoms with van der Waals surface area (Å²) in [5, 5.41) is 5.45. The van der Waals surface area contributed by atoms with Gasteiger partial charge in [0, 0.05) is 28.9 Å². The summed E-state index contributed by atoms with van der Waals surface area (Å²) in [6.45, 7) is 3.24. The number of anilines is 4. The van der Waals surface area contributed by atoms with Crippen LogP contribution in [0.5, 0.6) is 0 Å². The van der Waals surface area contributed by atoms with E-state index in [1.165, 1.54) is 18.3 Å². The van der Waals surface area contributed by atoms with E-state index in [0.717, 1.165) is 6.07 Å². The molecule has 0 aliphatic rings. The van der Waals surface area contributed by atoms with Gasteiger partial charge in [-0.2, -0.15) is 18.2 Å². The number of ketones is 2. The second kappa shape index (κ2) is 11.0. The van der Waals surface area contributed by atoms with Gasteiger partial charge in [-0.3, -0.25) is 9.59 Å². The molecule has 0 amide bonds. The number of alkyl halides is 3. The molecule has 0 bridgehead atoms. The molecule has 0 radical (unpaired) electrons. The van der Waals surface area contributed by atoms with Gasteiger partial charge in [0.2, 0.25) is 5.95 Å². The molecule has 0 spiro atoms. The lowest BCUT2D eigenvalue weighted by atomic mass is 10.1. The van der Waals surface area contributed by atoms with E-state index in [0.29, 0.717) is 17.4 Å². The van der Waals surface area contributed by atoms with Crippen LogP contribution < -0.4 is 10.6 Å². The zero-order valence-corrected chi connectivity index (χ0v) is 21.4. The van der Waals surface area contributed by atoms with Gasteiger partial charge < -0.3 is 15.2 Å². The average Bonchev–Trinajstić information content (AvgIpc) is 2.79. The maximum Gasteiger partial charge on any atom is 0.454 e. The number of carbonyl (C=O) groups is 2. The predicted molar refractivity (Wildman–Crippen MR) is 135 cm³/mol. The Morgan fingerprint density at radius 2 is 1.78 bits per heavy atom. The molecule has 3 aromatic rings.